The summed E-state index contributed by atoms with van der Waals surface area (Å²) in [5.41, 5.74) is 0.864. The lowest BCUT2D eigenvalue weighted by Gasteiger charge is -2.17. The summed E-state index contributed by atoms with van der Waals surface area (Å²) in [6.07, 6.45) is -4.62. The number of rotatable bonds is 2. The zero-order valence-electron chi connectivity index (χ0n) is 12.1. The quantitative estimate of drug-likeness (QED) is 0.632. The van der Waals surface area contributed by atoms with E-state index in [1.165, 1.54) is 6.07 Å². The summed E-state index contributed by atoms with van der Waals surface area (Å²) in [5, 5.41) is 3.62. The Hall–Kier alpha value is -2.91. The number of imide groups is 1. The minimum absolute atomic E-state index is 0.222. The van der Waals surface area contributed by atoms with Gasteiger partial charge in [-0.3, -0.25) is 15.0 Å². The van der Waals surface area contributed by atoms with E-state index in [2.05, 4.69) is 15.3 Å². The second-order valence-corrected chi connectivity index (χ2v) is 5.13. The van der Waals surface area contributed by atoms with Gasteiger partial charge in [-0.2, -0.15) is 18.3 Å². The lowest BCUT2D eigenvalue weighted by molar-refractivity contribution is -0.137. The maximum atomic E-state index is 12.8. The first-order valence-electron chi connectivity index (χ1n) is 6.72. The molecule has 0 spiro atoms. The molecule has 1 saturated heterocycles. The first kappa shape index (κ1) is 16.0. The summed E-state index contributed by atoms with van der Waals surface area (Å²) < 4.78 is 42.9. The summed E-state index contributed by atoms with van der Waals surface area (Å²) in [6, 6.07) is 2.69. The predicted molar refractivity (Wildman–Crippen MR) is 73.8 cm³/mol. The Labute approximate surface area is 133 Å². The number of carbonyl (C=O) groups is 3. The Morgan fingerprint density at radius 3 is 2.62 bits per heavy atom. The van der Waals surface area contributed by atoms with Crippen molar-refractivity contribution in [2.45, 2.75) is 12.2 Å². The summed E-state index contributed by atoms with van der Waals surface area (Å²) in [6.45, 7) is 0. The van der Waals surface area contributed by atoms with Crippen molar-refractivity contribution in [1.29, 1.82) is 0 Å². The highest BCUT2D eigenvalue weighted by Gasteiger charge is 2.55. The molecule has 24 heavy (non-hydrogen) atoms. The Morgan fingerprint density at radius 1 is 1.29 bits per heavy atom. The molecule has 2 unspecified atom stereocenters. The molecule has 7 nitrogen and oxygen atoms in total. The third-order valence-corrected chi connectivity index (χ3v) is 3.75. The SMILES string of the molecule is COC(=O)C1=NNC2C(=O)N(c3cccc(C(F)(F)F)c3)C(=O)C12. The predicted octanol–water partition coefficient (Wildman–Crippen LogP) is 0.696. The maximum Gasteiger partial charge on any atom is 0.416 e. The van der Waals surface area contributed by atoms with Gasteiger partial charge in [0.15, 0.2) is 5.71 Å². The van der Waals surface area contributed by atoms with Crippen LogP contribution in [0.5, 0.6) is 0 Å². The van der Waals surface area contributed by atoms with Crippen molar-refractivity contribution in [3.63, 3.8) is 0 Å². The fourth-order valence-electron chi connectivity index (χ4n) is 2.64. The molecule has 1 aromatic carbocycles. The maximum absolute atomic E-state index is 12.8. The average molecular weight is 341 g/mol. The zero-order chi connectivity index (χ0) is 17.6. The van der Waals surface area contributed by atoms with Crippen LogP contribution in [0.1, 0.15) is 5.56 Å². The normalized spacial score (nSPS) is 23.0. The number of hydrogen-bond acceptors (Lipinski definition) is 6. The Kier molecular flexibility index (Phi) is 3.54. The van der Waals surface area contributed by atoms with E-state index in [0.717, 1.165) is 19.2 Å². The third kappa shape index (κ3) is 2.30. The van der Waals surface area contributed by atoms with E-state index in [0.29, 0.717) is 11.0 Å². The number of nitrogens with zero attached hydrogens (tertiary/aromatic N) is 2. The second-order valence-electron chi connectivity index (χ2n) is 5.13. The van der Waals surface area contributed by atoms with Crippen LogP contribution in [-0.2, 0) is 25.3 Å². The molecule has 1 fully saturated rings. The van der Waals surface area contributed by atoms with Crippen molar-refractivity contribution in [1.82, 2.24) is 5.43 Å². The third-order valence-electron chi connectivity index (χ3n) is 3.75. The van der Waals surface area contributed by atoms with Crippen molar-refractivity contribution in [2.24, 2.45) is 11.0 Å². The monoisotopic (exact) mass is 341 g/mol. The van der Waals surface area contributed by atoms with Crippen molar-refractivity contribution in [2.75, 3.05) is 12.0 Å². The van der Waals surface area contributed by atoms with Crippen LogP contribution < -0.4 is 10.3 Å². The van der Waals surface area contributed by atoms with Gasteiger partial charge < -0.3 is 4.74 Å². The number of hydrogen-bond donors (Lipinski definition) is 1. The van der Waals surface area contributed by atoms with Gasteiger partial charge >= 0.3 is 12.1 Å². The molecule has 2 amide bonds. The first-order valence-corrected chi connectivity index (χ1v) is 6.72. The molecule has 2 atom stereocenters. The highest BCUT2D eigenvalue weighted by Crippen LogP contribution is 2.35. The smallest absolute Gasteiger partial charge is 0.416 e. The summed E-state index contributed by atoms with van der Waals surface area (Å²) >= 11 is 0. The van der Waals surface area contributed by atoms with E-state index in [1.54, 1.807) is 0 Å². The Morgan fingerprint density at radius 2 is 2.00 bits per heavy atom. The molecular formula is C14H10F3N3O4. The molecule has 3 rings (SSSR count). The lowest BCUT2D eigenvalue weighted by Crippen LogP contribution is -2.36. The van der Waals surface area contributed by atoms with Crippen LogP contribution in [0.4, 0.5) is 18.9 Å². The van der Waals surface area contributed by atoms with Crippen LogP contribution in [-0.4, -0.2) is 36.6 Å². The molecule has 1 N–H and O–H groups in total. The first-order chi connectivity index (χ1) is 11.3. The van der Waals surface area contributed by atoms with Crippen LogP contribution in [0.25, 0.3) is 0 Å². The van der Waals surface area contributed by atoms with Crippen molar-refractivity contribution >= 4 is 29.2 Å². The number of esters is 1. The second kappa shape index (κ2) is 5.32. The van der Waals surface area contributed by atoms with Crippen LogP contribution in [0.15, 0.2) is 29.4 Å². The van der Waals surface area contributed by atoms with Gasteiger partial charge in [0, 0.05) is 0 Å². The number of halogens is 3. The van der Waals surface area contributed by atoms with Gasteiger partial charge in [0.1, 0.15) is 12.0 Å². The average Bonchev–Trinajstić information content (AvgIpc) is 3.07. The fraction of sp³-hybridized carbons (Fsp3) is 0.286. The van der Waals surface area contributed by atoms with Gasteiger partial charge in [-0.05, 0) is 18.2 Å². The largest absolute Gasteiger partial charge is 0.464 e. The lowest BCUT2D eigenvalue weighted by atomic mass is 9.99. The molecule has 10 heteroatoms. The van der Waals surface area contributed by atoms with Crippen molar-refractivity contribution in [3.8, 4) is 0 Å². The highest BCUT2D eigenvalue weighted by molar-refractivity contribution is 6.46. The minimum Gasteiger partial charge on any atom is -0.464 e. The number of fused-ring (bicyclic) bond motifs is 1. The number of hydrazone groups is 1. The number of nitrogens with one attached hydrogen (secondary N) is 1. The van der Waals surface area contributed by atoms with Gasteiger partial charge in [0.25, 0.3) is 5.91 Å². The van der Waals surface area contributed by atoms with Crippen LogP contribution in [0.3, 0.4) is 0 Å². The molecule has 0 saturated carbocycles. The van der Waals surface area contributed by atoms with Gasteiger partial charge in [0.05, 0.1) is 18.4 Å². The molecule has 2 heterocycles. The topological polar surface area (TPSA) is 88.1 Å². The standard InChI is InChI=1S/C14H10F3N3O4/c1-24-13(23)10-8-9(18-19-10)12(22)20(11(8)21)7-4-2-3-6(5-7)14(15,16)17/h2-5,8-9,18H,1H3. The summed E-state index contributed by atoms with van der Waals surface area (Å²) in [7, 11) is 1.09. The Bertz CT molecular complexity index is 775. The molecule has 126 valence electrons. The van der Waals surface area contributed by atoms with Crippen LogP contribution in [0.2, 0.25) is 0 Å². The molecule has 0 radical (unpaired) electrons. The molecule has 2 aliphatic rings. The van der Waals surface area contributed by atoms with E-state index in [-0.39, 0.29) is 11.4 Å². The van der Waals surface area contributed by atoms with Gasteiger partial charge in [0.2, 0.25) is 5.91 Å². The number of carbonyl (C=O) groups excluding carboxylic acids is 3. The number of benzene rings is 1. The minimum atomic E-state index is -4.62. The highest BCUT2D eigenvalue weighted by atomic mass is 19.4. The number of amides is 2. The van der Waals surface area contributed by atoms with Crippen LogP contribution >= 0.6 is 0 Å². The molecule has 0 bridgehead atoms. The van der Waals surface area contributed by atoms with E-state index in [1.807, 2.05) is 0 Å². The number of methoxy groups -OCH3 is 1. The van der Waals surface area contributed by atoms with Gasteiger partial charge in [-0.15, -0.1) is 0 Å². The van der Waals surface area contributed by atoms with E-state index < -0.39 is 41.5 Å². The summed E-state index contributed by atoms with van der Waals surface area (Å²) in [5.74, 6) is -3.73. The molecule has 0 aliphatic carbocycles. The van der Waals surface area contributed by atoms with Gasteiger partial charge in [-0.25, -0.2) is 9.69 Å². The van der Waals surface area contributed by atoms with Crippen LogP contribution in [0, 0.1) is 5.92 Å². The molecule has 0 aromatic heterocycles. The molecule has 2 aliphatic heterocycles. The number of anilines is 1. The number of alkyl halides is 3. The van der Waals surface area contributed by atoms with Crippen molar-refractivity contribution < 1.29 is 32.3 Å². The van der Waals surface area contributed by atoms with Crippen molar-refractivity contribution in [3.05, 3.63) is 29.8 Å². The summed E-state index contributed by atoms with van der Waals surface area (Å²) in [4.78, 5) is 37.1. The van der Waals surface area contributed by atoms with E-state index in [4.69, 9.17) is 0 Å². The zero-order valence-corrected chi connectivity index (χ0v) is 12.1. The van der Waals surface area contributed by atoms with E-state index in [9.17, 15) is 27.6 Å². The van der Waals surface area contributed by atoms with Gasteiger partial charge in [-0.1, -0.05) is 6.07 Å². The molecule has 1 aromatic rings. The molecular weight excluding hydrogens is 331 g/mol. The fourth-order valence-corrected chi connectivity index (χ4v) is 2.64. The van der Waals surface area contributed by atoms with E-state index >= 15 is 0 Å². The Balaban J connectivity index is 1.97. The number of ether oxygens (including phenoxy) is 1.